The Labute approximate surface area is 133 Å². The molecule has 21 heavy (non-hydrogen) atoms. The van der Waals surface area contributed by atoms with Crippen molar-refractivity contribution in [3.8, 4) is 0 Å². The molecule has 0 fully saturated rings. The minimum atomic E-state index is 0.781. The first kappa shape index (κ1) is 18.3. The van der Waals surface area contributed by atoms with Crippen LogP contribution in [0, 0.1) is 6.92 Å². The number of benzene rings is 1. The molecular formula is C20H35B. The number of aryl methyl sites for hydroxylation is 1. The molecule has 0 aliphatic heterocycles. The average Bonchev–Trinajstić information content (AvgIpc) is 2.50. The van der Waals surface area contributed by atoms with Crippen molar-refractivity contribution < 1.29 is 0 Å². The van der Waals surface area contributed by atoms with Crippen LogP contribution in [0.25, 0.3) is 0 Å². The molecule has 0 N–H and O–H groups in total. The summed E-state index contributed by atoms with van der Waals surface area (Å²) in [7, 11) is 0. The molecule has 0 aliphatic carbocycles. The second-order valence-electron chi connectivity index (χ2n) is 6.70. The smallest absolute Gasteiger partial charge is 0.0737 e. The van der Waals surface area contributed by atoms with Crippen molar-refractivity contribution >= 4 is 6.71 Å². The summed E-state index contributed by atoms with van der Waals surface area (Å²) >= 11 is 0. The fourth-order valence-corrected chi connectivity index (χ4v) is 3.39. The standard InChI is InChI=1S/C20H35B/c1-5-8-11-20(19-14-12-18(4)13-15-19)21(16-9-6-2)17-10-7-3/h12-15,20H,5-11,16-17H2,1-4H3. The molecule has 0 aromatic heterocycles. The summed E-state index contributed by atoms with van der Waals surface area (Å²) in [6, 6.07) is 9.37. The second-order valence-corrected chi connectivity index (χ2v) is 6.70. The van der Waals surface area contributed by atoms with Crippen molar-refractivity contribution in [3.63, 3.8) is 0 Å². The molecule has 1 atom stereocenters. The van der Waals surface area contributed by atoms with Gasteiger partial charge >= 0.3 is 0 Å². The Morgan fingerprint density at radius 1 is 0.810 bits per heavy atom. The van der Waals surface area contributed by atoms with Gasteiger partial charge in [0.25, 0.3) is 0 Å². The molecule has 0 saturated heterocycles. The van der Waals surface area contributed by atoms with Gasteiger partial charge in [0.1, 0.15) is 6.71 Å². The molecule has 1 aromatic rings. The molecule has 1 unspecified atom stereocenters. The van der Waals surface area contributed by atoms with E-state index in [1.54, 1.807) is 5.56 Å². The van der Waals surface area contributed by atoms with E-state index in [9.17, 15) is 0 Å². The zero-order valence-electron chi connectivity index (χ0n) is 14.8. The van der Waals surface area contributed by atoms with Crippen LogP contribution >= 0.6 is 0 Å². The Hall–Kier alpha value is -0.715. The van der Waals surface area contributed by atoms with Crippen LogP contribution in [-0.2, 0) is 0 Å². The van der Waals surface area contributed by atoms with E-state index in [-0.39, 0.29) is 0 Å². The van der Waals surface area contributed by atoms with Gasteiger partial charge in [0, 0.05) is 0 Å². The largest absolute Gasteiger partial charge is 0.148 e. The summed E-state index contributed by atoms with van der Waals surface area (Å²) in [5.41, 5.74) is 2.97. The molecular weight excluding hydrogens is 251 g/mol. The van der Waals surface area contributed by atoms with E-state index in [1.165, 1.54) is 63.1 Å². The third-order valence-electron chi connectivity index (χ3n) is 4.80. The summed E-state index contributed by atoms with van der Waals surface area (Å²) < 4.78 is 0. The molecule has 0 saturated carbocycles. The number of hydrogen-bond donors (Lipinski definition) is 0. The van der Waals surface area contributed by atoms with Crippen molar-refractivity contribution in [2.24, 2.45) is 0 Å². The van der Waals surface area contributed by atoms with E-state index in [0.717, 1.165) is 12.5 Å². The molecule has 0 amide bonds. The molecule has 1 rings (SSSR count). The Balaban J connectivity index is 2.85. The van der Waals surface area contributed by atoms with E-state index in [1.807, 2.05) is 0 Å². The predicted octanol–water partition coefficient (Wildman–Crippen LogP) is 6.90. The zero-order chi connectivity index (χ0) is 15.5. The highest BCUT2D eigenvalue weighted by Gasteiger charge is 2.25. The van der Waals surface area contributed by atoms with Crippen LogP contribution in [0.15, 0.2) is 24.3 Å². The van der Waals surface area contributed by atoms with E-state index in [2.05, 4.69) is 52.0 Å². The van der Waals surface area contributed by atoms with Gasteiger partial charge in [-0.05, 0) is 12.7 Å². The molecule has 0 radical (unpaired) electrons. The number of unbranched alkanes of at least 4 members (excludes halogenated alkanes) is 3. The fraction of sp³-hybridized carbons (Fsp3) is 0.700. The van der Waals surface area contributed by atoms with Crippen LogP contribution in [0.1, 0.15) is 82.7 Å². The summed E-state index contributed by atoms with van der Waals surface area (Å²) in [4.78, 5) is 0. The highest BCUT2D eigenvalue weighted by molar-refractivity contribution is 6.60. The van der Waals surface area contributed by atoms with Gasteiger partial charge in [0.05, 0.1) is 0 Å². The molecule has 0 heterocycles. The van der Waals surface area contributed by atoms with E-state index in [0.29, 0.717) is 0 Å². The first-order valence-electron chi connectivity index (χ1n) is 9.29. The van der Waals surface area contributed by atoms with Crippen LogP contribution in [0.5, 0.6) is 0 Å². The van der Waals surface area contributed by atoms with Crippen molar-refractivity contribution in [2.45, 2.75) is 91.1 Å². The third-order valence-corrected chi connectivity index (χ3v) is 4.80. The summed E-state index contributed by atoms with van der Waals surface area (Å²) in [6.07, 6.45) is 12.3. The van der Waals surface area contributed by atoms with Crippen molar-refractivity contribution in [1.82, 2.24) is 0 Å². The van der Waals surface area contributed by atoms with Crippen molar-refractivity contribution in [1.29, 1.82) is 0 Å². The lowest BCUT2D eigenvalue weighted by molar-refractivity contribution is 0.678. The van der Waals surface area contributed by atoms with Crippen LogP contribution < -0.4 is 0 Å². The minimum absolute atomic E-state index is 0.781. The van der Waals surface area contributed by atoms with Crippen molar-refractivity contribution in [3.05, 3.63) is 35.4 Å². The molecule has 1 aromatic carbocycles. The highest BCUT2D eigenvalue weighted by atomic mass is 14.1. The third kappa shape index (κ3) is 6.72. The fourth-order valence-electron chi connectivity index (χ4n) is 3.39. The van der Waals surface area contributed by atoms with E-state index in [4.69, 9.17) is 0 Å². The van der Waals surface area contributed by atoms with Gasteiger partial charge in [-0.25, -0.2) is 0 Å². The van der Waals surface area contributed by atoms with Gasteiger partial charge in [0.2, 0.25) is 0 Å². The monoisotopic (exact) mass is 286 g/mol. The first-order chi connectivity index (χ1) is 10.2. The zero-order valence-corrected chi connectivity index (χ0v) is 14.8. The number of rotatable bonds is 11. The Bertz CT molecular complexity index is 347. The Kier molecular flexibility index (Phi) is 9.54. The molecule has 118 valence electrons. The molecule has 0 bridgehead atoms. The van der Waals surface area contributed by atoms with Gasteiger partial charge in [-0.15, -0.1) is 0 Å². The maximum absolute atomic E-state index is 2.39. The molecule has 0 nitrogen and oxygen atoms in total. The van der Waals surface area contributed by atoms with E-state index < -0.39 is 0 Å². The molecule has 0 spiro atoms. The SMILES string of the molecule is CCCCB(CCCC)C(CCCC)c1ccc(C)cc1. The van der Waals surface area contributed by atoms with Crippen molar-refractivity contribution in [2.75, 3.05) is 0 Å². The lowest BCUT2D eigenvalue weighted by atomic mass is 9.34. The van der Waals surface area contributed by atoms with Gasteiger partial charge in [-0.3, -0.25) is 0 Å². The second kappa shape index (κ2) is 10.9. The van der Waals surface area contributed by atoms with Gasteiger partial charge in [0.15, 0.2) is 0 Å². The van der Waals surface area contributed by atoms with Crippen LogP contribution in [0.2, 0.25) is 12.6 Å². The lowest BCUT2D eigenvalue weighted by Crippen LogP contribution is -2.24. The summed E-state index contributed by atoms with van der Waals surface area (Å²) in [6.45, 7) is 10.0. The lowest BCUT2D eigenvalue weighted by Gasteiger charge is -2.25. The molecule has 1 heteroatoms. The first-order valence-corrected chi connectivity index (χ1v) is 9.29. The quantitative estimate of drug-likeness (QED) is 0.388. The summed E-state index contributed by atoms with van der Waals surface area (Å²) in [5.74, 6) is 0.781. The summed E-state index contributed by atoms with van der Waals surface area (Å²) in [5, 5.41) is 0. The maximum atomic E-state index is 2.39. The van der Waals surface area contributed by atoms with Crippen LogP contribution in [-0.4, -0.2) is 6.71 Å². The highest BCUT2D eigenvalue weighted by Crippen LogP contribution is 2.31. The number of hydrogen-bond acceptors (Lipinski definition) is 0. The van der Waals surface area contributed by atoms with Gasteiger partial charge in [-0.2, -0.15) is 0 Å². The molecule has 0 aliphatic rings. The minimum Gasteiger partial charge on any atom is -0.0737 e. The van der Waals surface area contributed by atoms with Crippen LogP contribution in [0.3, 0.4) is 0 Å². The van der Waals surface area contributed by atoms with Gasteiger partial charge < -0.3 is 0 Å². The van der Waals surface area contributed by atoms with E-state index >= 15 is 0 Å². The Morgan fingerprint density at radius 2 is 1.33 bits per heavy atom. The topological polar surface area (TPSA) is 0 Å². The normalized spacial score (nSPS) is 12.4. The Morgan fingerprint density at radius 3 is 1.81 bits per heavy atom. The predicted molar refractivity (Wildman–Crippen MR) is 98.6 cm³/mol. The average molecular weight is 286 g/mol. The maximum Gasteiger partial charge on any atom is 0.148 e. The van der Waals surface area contributed by atoms with Gasteiger partial charge in [-0.1, -0.05) is 114 Å². The van der Waals surface area contributed by atoms with Crippen LogP contribution in [0.4, 0.5) is 0 Å².